The summed E-state index contributed by atoms with van der Waals surface area (Å²) < 4.78 is 21.1. The van der Waals surface area contributed by atoms with Crippen molar-refractivity contribution >= 4 is 46.9 Å². The lowest BCUT2D eigenvalue weighted by Gasteiger charge is -2.22. The van der Waals surface area contributed by atoms with Crippen LogP contribution in [-0.4, -0.2) is 50.9 Å². The summed E-state index contributed by atoms with van der Waals surface area (Å²) in [4.78, 5) is 38.1. The van der Waals surface area contributed by atoms with Crippen LogP contribution in [0, 0.1) is 0 Å². The van der Waals surface area contributed by atoms with Crippen LogP contribution in [0.4, 0.5) is 10.5 Å². The van der Waals surface area contributed by atoms with Crippen molar-refractivity contribution in [3.8, 4) is 17.2 Å². The number of methoxy groups -OCH3 is 1. The number of hydrogen-bond donors (Lipinski definition) is 1. The summed E-state index contributed by atoms with van der Waals surface area (Å²) in [6.45, 7) is 6.84. The number of halogens is 2. The standard InChI is InChI=1S/C24H28Cl2N2O7/c1-6-33-21(29)13-28(24(31)34-7-2)15-10-18(25)22(19(26)11-15)35-16-8-9-20(32-5)17(12-16)23(30)27-14(3)4/h8-12,14H,6-7,13H2,1-5H3,(H,27,30). The van der Waals surface area contributed by atoms with Crippen molar-refractivity contribution < 1.29 is 33.3 Å². The maximum absolute atomic E-state index is 12.6. The van der Waals surface area contributed by atoms with Crippen LogP contribution in [-0.2, 0) is 14.3 Å². The largest absolute Gasteiger partial charge is 0.496 e. The second kappa shape index (κ2) is 13.1. The molecule has 11 heteroatoms. The molecule has 2 aromatic carbocycles. The monoisotopic (exact) mass is 526 g/mol. The maximum atomic E-state index is 12.6. The van der Waals surface area contributed by atoms with E-state index in [-0.39, 0.29) is 58.0 Å². The van der Waals surface area contributed by atoms with Gasteiger partial charge in [-0.3, -0.25) is 14.5 Å². The Labute approximate surface area is 214 Å². The molecular formula is C24H28Cl2N2O7. The van der Waals surface area contributed by atoms with Crippen molar-refractivity contribution in [2.45, 2.75) is 33.7 Å². The lowest BCUT2D eigenvalue weighted by atomic mass is 10.1. The molecule has 2 amide bonds. The molecule has 9 nitrogen and oxygen atoms in total. The number of anilines is 1. The van der Waals surface area contributed by atoms with Gasteiger partial charge in [0.1, 0.15) is 18.0 Å². The summed E-state index contributed by atoms with van der Waals surface area (Å²) in [6.07, 6.45) is -0.766. The Bertz CT molecular complexity index is 1050. The number of ether oxygens (including phenoxy) is 4. The maximum Gasteiger partial charge on any atom is 0.414 e. The molecule has 0 aromatic heterocycles. The van der Waals surface area contributed by atoms with Crippen molar-refractivity contribution in [2.24, 2.45) is 0 Å². The first-order chi connectivity index (χ1) is 16.6. The van der Waals surface area contributed by atoms with Gasteiger partial charge in [0.15, 0.2) is 5.75 Å². The summed E-state index contributed by atoms with van der Waals surface area (Å²) >= 11 is 12.9. The summed E-state index contributed by atoms with van der Waals surface area (Å²) in [6, 6.07) is 7.43. The minimum atomic E-state index is -0.766. The van der Waals surface area contributed by atoms with Crippen molar-refractivity contribution in [1.29, 1.82) is 0 Å². The predicted molar refractivity (Wildman–Crippen MR) is 133 cm³/mol. The fourth-order valence-electron chi connectivity index (χ4n) is 2.98. The number of rotatable bonds is 10. The average molecular weight is 527 g/mol. The van der Waals surface area contributed by atoms with Gasteiger partial charge >= 0.3 is 12.1 Å². The molecule has 0 unspecified atom stereocenters. The molecule has 0 saturated heterocycles. The highest BCUT2D eigenvalue weighted by atomic mass is 35.5. The number of nitrogens with one attached hydrogen (secondary N) is 1. The van der Waals surface area contributed by atoms with Crippen molar-refractivity contribution in [3.05, 3.63) is 45.9 Å². The number of esters is 1. The molecule has 0 saturated carbocycles. The van der Waals surface area contributed by atoms with Gasteiger partial charge in [-0.15, -0.1) is 0 Å². The molecule has 35 heavy (non-hydrogen) atoms. The van der Waals surface area contributed by atoms with Crippen LogP contribution in [0.1, 0.15) is 38.1 Å². The highest BCUT2D eigenvalue weighted by Gasteiger charge is 2.24. The quantitative estimate of drug-likeness (QED) is 0.410. The highest BCUT2D eigenvalue weighted by molar-refractivity contribution is 6.37. The number of amides is 2. The van der Waals surface area contributed by atoms with Gasteiger partial charge in [0, 0.05) is 6.04 Å². The third-order valence-corrected chi connectivity index (χ3v) is 4.99. The lowest BCUT2D eigenvalue weighted by Crippen LogP contribution is -2.37. The molecule has 0 fully saturated rings. The first-order valence-corrected chi connectivity index (χ1v) is 11.6. The second-order valence-electron chi connectivity index (χ2n) is 7.42. The van der Waals surface area contributed by atoms with Crippen LogP contribution in [0.15, 0.2) is 30.3 Å². The molecule has 2 aromatic rings. The Morgan fingerprint density at radius 2 is 1.63 bits per heavy atom. The van der Waals surface area contributed by atoms with Crippen LogP contribution >= 0.6 is 23.2 Å². The van der Waals surface area contributed by atoms with E-state index in [0.717, 1.165) is 4.90 Å². The SMILES string of the molecule is CCOC(=O)CN(C(=O)OCC)c1cc(Cl)c(Oc2ccc(OC)c(C(=O)NC(C)C)c2)c(Cl)c1. The lowest BCUT2D eigenvalue weighted by molar-refractivity contribution is -0.141. The molecule has 0 heterocycles. The molecule has 0 spiro atoms. The summed E-state index contributed by atoms with van der Waals surface area (Å²) in [7, 11) is 1.46. The first-order valence-electron chi connectivity index (χ1n) is 10.9. The zero-order valence-electron chi connectivity index (χ0n) is 20.1. The average Bonchev–Trinajstić information content (AvgIpc) is 2.79. The van der Waals surface area contributed by atoms with Crippen LogP contribution < -0.4 is 19.7 Å². The fraction of sp³-hybridized carbons (Fsp3) is 0.375. The van der Waals surface area contributed by atoms with Crippen molar-refractivity contribution in [2.75, 3.05) is 31.8 Å². The third-order valence-electron chi connectivity index (χ3n) is 4.43. The van der Waals surface area contributed by atoms with Crippen LogP contribution in [0.25, 0.3) is 0 Å². The first kappa shape index (κ1) is 28.1. The minimum absolute atomic E-state index is 0.0645. The van der Waals surface area contributed by atoms with Gasteiger partial charge in [-0.25, -0.2) is 4.79 Å². The molecule has 0 atom stereocenters. The topological polar surface area (TPSA) is 103 Å². The van der Waals surface area contributed by atoms with Gasteiger partial charge in [0.05, 0.1) is 41.6 Å². The Balaban J connectivity index is 2.39. The van der Waals surface area contributed by atoms with Crippen molar-refractivity contribution in [1.82, 2.24) is 5.32 Å². The normalized spacial score (nSPS) is 10.5. The molecule has 0 aliphatic heterocycles. The van der Waals surface area contributed by atoms with E-state index < -0.39 is 18.6 Å². The minimum Gasteiger partial charge on any atom is -0.496 e. The third kappa shape index (κ3) is 7.66. The molecule has 190 valence electrons. The Morgan fingerprint density at radius 3 is 2.17 bits per heavy atom. The smallest absolute Gasteiger partial charge is 0.414 e. The number of carbonyl (C=O) groups excluding carboxylic acids is 3. The van der Waals surface area contributed by atoms with Gasteiger partial charge in [0.25, 0.3) is 5.91 Å². The highest BCUT2D eigenvalue weighted by Crippen LogP contribution is 2.40. The zero-order chi connectivity index (χ0) is 26.1. The second-order valence-corrected chi connectivity index (χ2v) is 8.24. The van der Waals surface area contributed by atoms with E-state index in [1.807, 2.05) is 13.8 Å². The molecular weight excluding hydrogens is 499 g/mol. The molecule has 0 radical (unpaired) electrons. The fourth-order valence-corrected chi connectivity index (χ4v) is 3.54. The number of hydrogen-bond acceptors (Lipinski definition) is 7. The van der Waals surface area contributed by atoms with E-state index in [4.69, 9.17) is 42.1 Å². The van der Waals surface area contributed by atoms with Gasteiger partial charge in [-0.1, -0.05) is 23.2 Å². The molecule has 0 aliphatic carbocycles. The Hall–Kier alpha value is -3.17. The molecule has 0 bridgehead atoms. The van der Waals surface area contributed by atoms with Crippen LogP contribution in [0.5, 0.6) is 17.2 Å². The van der Waals surface area contributed by atoms with E-state index in [0.29, 0.717) is 5.75 Å². The number of benzene rings is 2. The van der Waals surface area contributed by atoms with E-state index in [9.17, 15) is 14.4 Å². The Morgan fingerprint density at radius 1 is 1.00 bits per heavy atom. The zero-order valence-corrected chi connectivity index (χ0v) is 21.7. The molecule has 1 N–H and O–H groups in total. The van der Waals surface area contributed by atoms with Crippen LogP contribution in [0.2, 0.25) is 10.0 Å². The van der Waals surface area contributed by atoms with Gasteiger partial charge in [0.2, 0.25) is 0 Å². The Kier molecular flexibility index (Phi) is 10.5. The van der Waals surface area contributed by atoms with E-state index in [1.54, 1.807) is 26.0 Å². The van der Waals surface area contributed by atoms with E-state index in [1.165, 1.54) is 25.3 Å². The number of carbonyl (C=O) groups is 3. The summed E-state index contributed by atoms with van der Waals surface area (Å²) in [5.74, 6) is -0.216. The van der Waals surface area contributed by atoms with Gasteiger partial charge in [-0.05, 0) is 58.0 Å². The summed E-state index contributed by atoms with van der Waals surface area (Å²) in [5, 5.41) is 2.93. The van der Waals surface area contributed by atoms with E-state index in [2.05, 4.69) is 5.32 Å². The molecule has 0 aliphatic rings. The molecule has 2 rings (SSSR count). The van der Waals surface area contributed by atoms with Crippen LogP contribution in [0.3, 0.4) is 0 Å². The van der Waals surface area contributed by atoms with Crippen molar-refractivity contribution in [3.63, 3.8) is 0 Å². The van der Waals surface area contributed by atoms with Gasteiger partial charge < -0.3 is 24.3 Å². The summed E-state index contributed by atoms with van der Waals surface area (Å²) in [5.41, 5.74) is 0.482. The van der Waals surface area contributed by atoms with Gasteiger partial charge in [-0.2, -0.15) is 0 Å². The predicted octanol–water partition coefficient (Wildman–Crippen LogP) is 5.46. The number of nitrogens with zero attached hydrogens (tertiary/aromatic N) is 1. The van der Waals surface area contributed by atoms with E-state index >= 15 is 0 Å².